The zero-order valence-corrected chi connectivity index (χ0v) is 15.3. The lowest BCUT2D eigenvalue weighted by molar-refractivity contribution is 0.216. The number of aromatic nitrogens is 2. The smallest absolute Gasteiger partial charge is 0.140 e. The van der Waals surface area contributed by atoms with Gasteiger partial charge in [0.25, 0.3) is 0 Å². The van der Waals surface area contributed by atoms with Gasteiger partial charge in [-0.25, -0.2) is 4.98 Å². The maximum Gasteiger partial charge on any atom is 0.140 e. The Morgan fingerprint density at radius 2 is 2.20 bits per heavy atom. The summed E-state index contributed by atoms with van der Waals surface area (Å²) in [5.74, 6) is 0. The maximum atomic E-state index is 8.31. The molecule has 0 saturated carbocycles. The van der Waals surface area contributed by atoms with Gasteiger partial charge in [-0.05, 0) is 49.8 Å². The highest BCUT2D eigenvalue weighted by atomic mass is 32.1. The molecule has 6 heteroatoms. The van der Waals surface area contributed by atoms with Gasteiger partial charge < -0.3 is 20.6 Å². The minimum Gasteiger partial charge on any atom is -0.369 e. The summed E-state index contributed by atoms with van der Waals surface area (Å²) in [6.07, 6.45) is 11.8. The minimum absolute atomic E-state index is 0.251. The van der Waals surface area contributed by atoms with Crippen molar-refractivity contribution >= 4 is 35.1 Å². The fourth-order valence-corrected chi connectivity index (χ4v) is 4.54. The first kappa shape index (κ1) is 16.7. The van der Waals surface area contributed by atoms with Crippen molar-refractivity contribution in [3.63, 3.8) is 0 Å². The number of anilines is 1. The van der Waals surface area contributed by atoms with E-state index in [2.05, 4.69) is 38.9 Å². The van der Waals surface area contributed by atoms with E-state index in [4.69, 9.17) is 5.41 Å². The number of thiol groups is 1. The number of allylic oxidation sites excluding steroid dienone is 1. The third kappa shape index (κ3) is 3.09. The number of fused-ring (bicyclic) bond motifs is 1. The van der Waals surface area contributed by atoms with E-state index in [0.717, 1.165) is 36.2 Å². The second-order valence-corrected chi connectivity index (χ2v) is 7.47. The van der Waals surface area contributed by atoms with E-state index in [-0.39, 0.29) is 5.54 Å². The second-order valence-electron chi connectivity index (χ2n) is 7.17. The molecular weight excluding hydrogens is 330 g/mol. The molecule has 132 valence electrons. The minimum atomic E-state index is 0.251. The molecule has 0 amide bonds. The third-order valence-electron chi connectivity index (χ3n) is 5.58. The van der Waals surface area contributed by atoms with Gasteiger partial charge in [-0.1, -0.05) is 6.42 Å². The highest BCUT2D eigenvalue weighted by Crippen LogP contribution is 2.35. The van der Waals surface area contributed by atoms with Crippen molar-refractivity contribution in [3.8, 4) is 0 Å². The molecule has 2 aromatic rings. The summed E-state index contributed by atoms with van der Waals surface area (Å²) in [5.41, 5.74) is 3.63. The zero-order valence-electron chi connectivity index (χ0n) is 14.4. The van der Waals surface area contributed by atoms with Crippen LogP contribution in [-0.2, 0) is 0 Å². The van der Waals surface area contributed by atoms with Gasteiger partial charge in [0.2, 0.25) is 0 Å². The van der Waals surface area contributed by atoms with Crippen LogP contribution in [0.3, 0.4) is 0 Å². The predicted molar refractivity (Wildman–Crippen MR) is 107 cm³/mol. The summed E-state index contributed by atoms with van der Waals surface area (Å²) in [6, 6.07) is 2.10. The Hall–Kier alpha value is -1.79. The van der Waals surface area contributed by atoms with Crippen molar-refractivity contribution in [2.24, 2.45) is 0 Å². The highest BCUT2D eigenvalue weighted by Gasteiger charge is 2.36. The molecule has 2 aliphatic heterocycles. The van der Waals surface area contributed by atoms with Gasteiger partial charge in [-0.2, -0.15) is 12.6 Å². The Morgan fingerprint density at radius 1 is 1.32 bits per heavy atom. The van der Waals surface area contributed by atoms with Crippen LogP contribution in [0.15, 0.2) is 29.9 Å². The summed E-state index contributed by atoms with van der Waals surface area (Å²) in [5, 5.41) is 14.8. The Labute approximate surface area is 153 Å². The lowest BCUT2D eigenvalue weighted by Gasteiger charge is -2.47. The van der Waals surface area contributed by atoms with Crippen molar-refractivity contribution in [1.82, 2.24) is 15.3 Å². The number of H-pyrrole nitrogens is 1. The van der Waals surface area contributed by atoms with Gasteiger partial charge in [0, 0.05) is 36.6 Å². The van der Waals surface area contributed by atoms with E-state index in [1.54, 1.807) is 11.5 Å². The van der Waals surface area contributed by atoms with Crippen LogP contribution in [0.5, 0.6) is 0 Å². The van der Waals surface area contributed by atoms with Gasteiger partial charge in [0.15, 0.2) is 0 Å². The Balaban J connectivity index is 1.73. The van der Waals surface area contributed by atoms with E-state index in [1.807, 2.05) is 12.4 Å². The predicted octanol–water partition coefficient (Wildman–Crippen LogP) is 3.49. The van der Waals surface area contributed by atoms with E-state index < -0.39 is 0 Å². The van der Waals surface area contributed by atoms with E-state index >= 15 is 0 Å². The number of nitrogens with one attached hydrogen (secondary N) is 3. The molecule has 25 heavy (non-hydrogen) atoms. The molecule has 2 aromatic heterocycles. The van der Waals surface area contributed by atoms with Crippen LogP contribution >= 0.6 is 12.6 Å². The summed E-state index contributed by atoms with van der Waals surface area (Å²) >= 11 is 4.11. The van der Waals surface area contributed by atoms with E-state index in [9.17, 15) is 0 Å². The highest BCUT2D eigenvalue weighted by molar-refractivity contribution is 7.83. The number of aromatic amines is 1. The SMILES string of the molecule is N=C(/C=C\S)c1c[nH]c2nccc(N3CCC[C@]4(CCCCN4)C3)c12. The molecular formula is C19H25N5S. The quantitative estimate of drug-likeness (QED) is 0.503. The molecule has 5 nitrogen and oxygen atoms in total. The first-order valence-corrected chi connectivity index (χ1v) is 9.60. The molecule has 4 rings (SSSR count). The molecule has 2 saturated heterocycles. The molecule has 2 aliphatic rings. The topological polar surface area (TPSA) is 67.8 Å². The first-order chi connectivity index (χ1) is 12.2. The summed E-state index contributed by atoms with van der Waals surface area (Å²) in [4.78, 5) is 10.2. The van der Waals surface area contributed by atoms with Crippen LogP contribution in [-0.4, -0.2) is 40.9 Å². The van der Waals surface area contributed by atoms with Gasteiger partial charge in [-0.3, -0.25) is 0 Å². The lowest BCUT2D eigenvalue weighted by Crippen LogP contribution is -2.59. The van der Waals surface area contributed by atoms with E-state index in [0.29, 0.717) is 5.71 Å². The average molecular weight is 356 g/mol. The molecule has 0 aliphatic carbocycles. The third-order valence-corrected chi connectivity index (χ3v) is 5.73. The van der Waals surface area contributed by atoms with Crippen molar-refractivity contribution in [2.45, 2.75) is 37.6 Å². The summed E-state index contributed by atoms with van der Waals surface area (Å²) < 4.78 is 0. The molecule has 0 bridgehead atoms. The van der Waals surface area contributed by atoms with Gasteiger partial charge in [0.05, 0.1) is 16.8 Å². The second kappa shape index (κ2) is 6.84. The summed E-state index contributed by atoms with van der Waals surface area (Å²) in [7, 11) is 0. The number of rotatable bonds is 3. The number of hydrogen-bond acceptors (Lipinski definition) is 5. The van der Waals surface area contributed by atoms with Crippen LogP contribution in [0.2, 0.25) is 0 Å². The fraction of sp³-hybridized carbons (Fsp3) is 0.474. The van der Waals surface area contributed by atoms with Crippen LogP contribution < -0.4 is 10.2 Å². The molecule has 3 N–H and O–H groups in total. The Kier molecular flexibility index (Phi) is 4.56. The average Bonchev–Trinajstić information content (AvgIpc) is 3.07. The van der Waals surface area contributed by atoms with Gasteiger partial charge in [-0.15, -0.1) is 0 Å². The standard InChI is InChI=1S/C19H25N5S/c20-15(5-11-25)14-12-22-18-17(14)16(4-9-21-18)24-10-3-7-19(13-24)6-1-2-8-23-19/h4-5,9,11-12,20,23,25H,1-3,6-8,10,13H2,(H,21,22)/b11-5-,20-15?/t19-/m1/s1. The Morgan fingerprint density at radius 3 is 3.00 bits per heavy atom. The largest absolute Gasteiger partial charge is 0.369 e. The number of piperidine rings is 2. The first-order valence-electron chi connectivity index (χ1n) is 9.08. The molecule has 1 spiro atoms. The number of nitrogens with zero attached hydrogens (tertiary/aromatic N) is 2. The van der Waals surface area contributed by atoms with Crippen LogP contribution in [0.1, 0.15) is 37.7 Å². The van der Waals surface area contributed by atoms with Crippen molar-refractivity contribution in [2.75, 3.05) is 24.5 Å². The van der Waals surface area contributed by atoms with E-state index in [1.165, 1.54) is 37.8 Å². The normalized spacial score (nSPS) is 24.4. The molecule has 2 fully saturated rings. The Bertz CT molecular complexity index is 798. The van der Waals surface area contributed by atoms with Gasteiger partial charge >= 0.3 is 0 Å². The van der Waals surface area contributed by atoms with Crippen molar-refractivity contribution < 1.29 is 0 Å². The molecule has 0 unspecified atom stereocenters. The van der Waals surface area contributed by atoms with Crippen LogP contribution in [0, 0.1) is 5.41 Å². The molecule has 1 atom stereocenters. The van der Waals surface area contributed by atoms with Gasteiger partial charge in [0.1, 0.15) is 5.65 Å². The molecule has 0 radical (unpaired) electrons. The molecule has 4 heterocycles. The monoisotopic (exact) mass is 355 g/mol. The number of pyridine rings is 1. The number of hydrogen-bond donors (Lipinski definition) is 4. The lowest BCUT2D eigenvalue weighted by atomic mass is 9.81. The van der Waals surface area contributed by atoms with Crippen molar-refractivity contribution in [1.29, 1.82) is 5.41 Å². The molecule has 0 aromatic carbocycles. The fourth-order valence-electron chi connectivity index (χ4n) is 4.40. The van der Waals surface area contributed by atoms with Crippen LogP contribution in [0.4, 0.5) is 5.69 Å². The zero-order chi connectivity index (χ0) is 17.3. The summed E-state index contributed by atoms with van der Waals surface area (Å²) in [6.45, 7) is 3.22. The van der Waals surface area contributed by atoms with Crippen molar-refractivity contribution in [3.05, 3.63) is 35.5 Å². The van der Waals surface area contributed by atoms with Crippen LogP contribution in [0.25, 0.3) is 11.0 Å². The maximum absolute atomic E-state index is 8.31.